The highest BCUT2D eigenvalue weighted by atomic mass is 32.2. The minimum absolute atomic E-state index is 0.0565. The van der Waals surface area contributed by atoms with Crippen molar-refractivity contribution in [3.8, 4) is 0 Å². The van der Waals surface area contributed by atoms with Gasteiger partial charge in [-0.25, -0.2) is 28.0 Å². The van der Waals surface area contributed by atoms with Crippen LogP contribution >= 0.6 is 0 Å². The van der Waals surface area contributed by atoms with Gasteiger partial charge in [-0.15, -0.1) is 0 Å². The van der Waals surface area contributed by atoms with E-state index in [0.717, 1.165) is 17.7 Å². The van der Waals surface area contributed by atoms with Crippen molar-refractivity contribution in [1.29, 1.82) is 0 Å². The molecule has 9 heteroatoms. The molecule has 0 atom stereocenters. The van der Waals surface area contributed by atoms with Crippen molar-refractivity contribution in [2.75, 3.05) is 0 Å². The zero-order chi connectivity index (χ0) is 14.5. The van der Waals surface area contributed by atoms with Gasteiger partial charge in [0.15, 0.2) is 5.65 Å². The molecule has 0 unspecified atom stereocenters. The maximum atomic E-state index is 12.6. The molecule has 8 nitrogen and oxygen atoms in total. The summed E-state index contributed by atoms with van der Waals surface area (Å²) in [7, 11) is -3.82. The van der Waals surface area contributed by atoms with E-state index in [1.807, 2.05) is 13.0 Å². The van der Waals surface area contributed by atoms with Gasteiger partial charge in [0.25, 0.3) is 0 Å². The predicted molar refractivity (Wildman–Crippen MR) is 69.0 cm³/mol. The first-order valence-electron chi connectivity index (χ1n) is 5.85. The Morgan fingerprint density at radius 1 is 1.25 bits per heavy atom. The van der Waals surface area contributed by atoms with Crippen LogP contribution in [-0.2, 0) is 9.84 Å². The average molecular weight is 292 g/mol. The van der Waals surface area contributed by atoms with Gasteiger partial charge in [0.1, 0.15) is 11.2 Å². The fraction of sp³-hybridized carbons (Fsp3) is 0.273. The number of nitrogens with one attached hydrogen (secondary N) is 1. The molecular weight excluding hydrogens is 280 g/mol. The van der Waals surface area contributed by atoms with Gasteiger partial charge in [0.2, 0.25) is 15.0 Å². The smallest absolute Gasteiger partial charge is 0.248 e. The Hall–Kier alpha value is -2.29. The van der Waals surface area contributed by atoms with Gasteiger partial charge in [-0.1, -0.05) is 0 Å². The van der Waals surface area contributed by atoms with Crippen LogP contribution in [0.5, 0.6) is 0 Å². The summed E-state index contributed by atoms with van der Waals surface area (Å²) in [6.07, 6.45) is 1.15. The fourth-order valence-electron chi connectivity index (χ4n) is 2.14. The Balaban J connectivity index is 2.41. The molecule has 3 aromatic heterocycles. The van der Waals surface area contributed by atoms with Gasteiger partial charge < -0.3 is 0 Å². The van der Waals surface area contributed by atoms with Crippen LogP contribution in [0, 0.1) is 20.8 Å². The lowest BCUT2D eigenvalue weighted by molar-refractivity contribution is 0.588. The Morgan fingerprint density at radius 3 is 2.65 bits per heavy atom. The molecule has 0 bridgehead atoms. The molecule has 0 aliphatic carbocycles. The van der Waals surface area contributed by atoms with E-state index < -0.39 is 9.84 Å². The minimum atomic E-state index is -3.82. The van der Waals surface area contributed by atoms with E-state index in [1.165, 1.54) is 4.52 Å². The van der Waals surface area contributed by atoms with E-state index in [4.69, 9.17) is 0 Å². The van der Waals surface area contributed by atoms with Crippen LogP contribution in [0.4, 0.5) is 0 Å². The van der Waals surface area contributed by atoms with E-state index in [9.17, 15) is 8.42 Å². The van der Waals surface area contributed by atoms with Crippen molar-refractivity contribution in [3.63, 3.8) is 0 Å². The third-order valence-electron chi connectivity index (χ3n) is 2.93. The van der Waals surface area contributed by atoms with Crippen molar-refractivity contribution < 1.29 is 8.42 Å². The summed E-state index contributed by atoms with van der Waals surface area (Å²) in [5, 5.41) is 9.98. The first-order chi connectivity index (χ1) is 9.41. The maximum absolute atomic E-state index is 12.6. The van der Waals surface area contributed by atoms with Gasteiger partial charge in [-0.2, -0.15) is 10.2 Å². The number of nitrogens with zero attached hydrogens (tertiary/aromatic N) is 5. The molecule has 20 heavy (non-hydrogen) atoms. The molecular formula is C11H12N6O2S. The summed E-state index contributed by atoms with van der Waals surface area (Å²) in [6.45, 7) is 5.28. The molecule has 0 aliphatic heterocycles. The number of H-pyrrole nitrogens is 1. The van der Waals surface area contributed by atoms with Gasteiger partial charge in [-0.3, -0.25) is 0 Å². The Kier molecular flexibility index (Phi) is 2.61. The molecule has 0 radical (unpaired) electrons. The van der Waals surface area contributed by atoms with Gasteiger partial charge in [0, 0.05) is 11.4 Å². The number of aryl methyl sites for hydroxylation is 3. The largest absolute Gasteiger partial charge is 0.250 e. The monoisotopic (exact) mass is 292 g/mol. The van der Waals surface area contributed by atoms with E-state index in [0.29, 0.717) is 11.3 Å². The van der Waals surface area contributed by atoms with Crippen LogP contribution in [0.3, 0.4) is 0 Å². The minimum Gasteiger partial charge on any atom is -0.250 e. The lowest BCUT2D eigenvalue weighted by atomic mass is 10.3. The molecule has 0 spiro atoms. The Bertz CT molecular complexity index is 895. The lowest BCUT2D eigenvalue weighted by Gasteiger charge is -2.02. The van der Waals surface area contributed by atoms with Crippen molar-refractivity contribution >= 4 is 15.5 Å². The van der Waals surface area contributed by atoms with E-state index >= 15 is 0 Å². The summed E-state index contributed by atoms with van der Waals surface area (Å²) in [4.78, 5) is 8.07. The molecule has 1 N–H and O–H groups in total. The van der Waals surface area contributed by atoms with E-state index in [-0.39, 0.29) is 10.1 Å². The van der Waals surface area contributed by atoms with Crippen molar-refractivity contribution in [1.82, 2.24) is 29.8 Å². The number of fused-ring (bicyclic) bond motifs is 1. The third-order valence-corrected chi connectivity index (χ3v) is 4.65. The number of hydrogen-bond donors (Lipinski definition) is 1. The lowest BCUT2D eigenvalue weighted by Crippen LogP contribution is -2.07. The van der Waals surface area contributed by atoms with Crippen LogP contribution in [0.1, 0.15) is 17.1 Å². The summed E-state index contributed by atoms with van der Waals surface area (Å²) >= 11 is 0. The first-order valence-corrected chi connectivity index (χ1v) is 7.33. The van der Waals surface area contributed by atoms with Crippen LogP contribution < -0.4 is 0 Å². The van der Waals surface area contributed by atoms with Crippen LogP contribution in [0.25, 0.3) is 5.65 Å². The van der Waals surface area contributed by atoms with Crippen LogP contribution in [0.15, 0.2) is 22.4 Å². The van der Waals surface area contributed by atoms with Gasteiger partial charge in [-0.05, 0) is 26.8 Å². The Labute approximate surface area is 114 Å². The third kappa shape index (κ3) is 1.70. The molecule has 0 fully saturated rings. The second-order valence-electron chi connectivity index (χ2n) is 4.48. The summed E-state index contributed by atoms with van der Waals surface area (Å²) in [5.41, 5.74) is 2.22. The molecule has 0 saturated carbocycles. The van der Waals surface area contributed by atoms with Crippen LogP contribution in [-0.4, -0.2) is 38.2 Å². The normalized spacial score (nSPS) is 12.2. The van der Waals surface area contributed by atoms with Gasteiger partial charge in [0.05, 0.1) is 5.69 Å². The number of sulfone groups is 1. The predicted octanol–water partition coefficient (Wildman–Crippen LogP) is 0.605. The molecule has 0 amide bonds. The van der Waals surface area contributed by atoms with Crippen molar-refractivity contribution in [3.05, 3.63) is 29.5 Å². The quantitative estimate of drug-likeness (QED) is 0.741. The number of aromatic amines is 1. The van der Waals surface area contributed by atoms with Crippen LogP contribution in [0.2, 0.25) is 0 Å². The highest BCUT2D eigenvalue weighted by Crippen LogP contribution is 2.25. The standard InChI is InChI=1S/C11H12N6O2S/c1-6-4-7(2)17-10(14-6)9(8(3)16-17)20(18,19)11-12-5-13-15-11/h4-5H,1-3H3,(H,12,13,15). The number of hydrogen-bond acceptors (Lipinski definition) is 6. The molecule has 3 rings (SSSR count). The van der Waals surface area contributed by atoms with Crippen molar-refractivity contribution in [2.24, 2.45) is 0 Å². The highest BCUT2D eigenvalue weighted by molar-refractivity contribution is 7.91. The molecule has 3 heterocycles. The molecule has 0 aliphatic rings. The average Bonchev–Trinajstić information content (AvgIpc) is 2.96. The SMILES string of the molecule is Cc1cc(C)n2nc(C)c(S(=O)(=O)c3ncn[nH]3)c2n1. The van der Waals surface area contributed by atoms with E-state index in [2.05, 4.69) is 25.3 Å². The first kappa shape index (κ1) is 12.7. The van der Waals surface area contributed by atoms with E-state index in [1.54, 1.807) is 13.8 Å². The van der Waals surface area contributed by atoms with Crippen molar-refractivity contribution in [2.45, 2.75) is 30.8 Å². The topological polar surface area (TPSA) is 106 Å². The summed E-state index contributed by atoms with van der Waals surface area (Å²) in [6, 6.07) is 1.84. The molecule has 0 aromatic carbocycles. The fourth-order valence-corrected chi connectivity index (χ4v) is 3.50. The highest BCUT2D eigenvalue weighted by Gasteiger charge is 2.29. The zero-order valence-corrected chi connectivity index (χ0v) is 11.9. The number of aromatic nitrogens is 6. The Morgan fingerprint density at radius 2 is 2.00 bits per heavy atom. The second kappa shape index (κ2) is 4.10. The summed E-state index contributed by atoms with van der Waals surface area (Å²) in [5.74, 6) is 0. The zero-order valence-electron chi connectivity index (χ0n) is 11.1. The molecule has 3 aromatic rings. The van der Waals surface area contributed by atoms with Gasteiger partial charge >= 0.3 is 0 Å². The second-order valence-corrected chi connectivity index (χ2v) is 6.28. The summed E-state index contributed by atoms with van der Waals surface area (Å²) < 4.78 is 26.7. The maximum Gasteiger partial charge on any atom is 0.248 e. The molecule has 104 valence electrons. The number of rotatable bonds is 2. The molecule has 0 saturated heterocycles.